The molecule has 1 unspecified atom stereocenters. The van der Waals surface area contributed by atoms with Crippen LogP contribution in [0, 0.1) is 12.3 Å². The van der Waals surface area contributed by atoms with Crippen molar-refractivity contribution in [1.29, 1.82) is 0 Å². The molecule has 1 heterocycles. The Morgan fingerprint density at radius 1 is 1.22 bits per heavy atom. The number of aryl methyl sites for hydroxylation is 2. The van der Waals surface area contributed by atoms with E-state index in [1.807, 2.05) is 6.07 Å². The molecular formula is C16H23NO. The molecule has 2 heteroatoms. The van der Waals surface area contributed by atoms with Crippen LogP contribution in [-0.2, 0) is 6.42 Å². The molecule has 1 aromatic carbocycles. The molecule has 2 nitrogen and oxygen atoms in total. The van der Waals surface area contributed by atoms with Crippen molar-refractivity contribution in [3.05, 3.63) is 35.6 Å². The summed E-state index contributed by atoms with van der Waals surface area (Å²) >= 11 is 0. The third-order valence-corrected chi connectivity index (χ3v) is 3.54. The molecule has 1 aromatic heterocycles. The first-order valence-electron chi connectivity index (χ1n) is 6.61. The fourth-order valence-electron chi connectivity index (χ4n) is 2.07. The Balaban J connectivity index is 2.09. The van der Waals surface area contributed by atoms with Crippen LogP contribution in [0.15, 0.2) is 28.7 Å². The molecule has 2 rings (SSSR count). The average Bonchev–Trinajstić information content (AvgIpc) is 2.66. The highest BCUT2D eigenvalue weighted by Crippen LogP contribution is 2.24. The van der Waals surface area contributed by atoms with Gasteiger partial charge in [-0.15, -0.1) is 0 Å². The monoisotopic (exact) mass is 245 g/mol. The number of fused-ring (bicyclic) bond motifs is 1. The number of benzene rings is 1. The Hall–Kier alpha value is -1.28. The number of hydrogen-bond donors (Lipinski definition) is 1. The molecule has 0 saturated carbocycles. The van der Waals surface area contributed by atoms with Crippen LogP contribution in [-0.4, -0.2) is 6.04 Å². The number of nitrogens with two attached hydrogens (primary N) is 1. The van der Waals surface area contributed by atoms with E-state index in [0.717, 1.165) is 24.2 Å². The first kappa shape index (κ1) is 13.2. The lowest BCUT2D eigenvalue weighted by Gasteiger charge is -2.26. The van der Waals surface area contributed by atoms with Crippen molar-refractivity contribution < 1.29 is 4.42 Å². The summed E-state index contributed by atoms with van der Waals surface area (Å²) in [5, 5.41) is 1.19. The summed E-state index contributed by atoms with van der Waals surface area (Å²) in [6, 6.07) is 8.62. The first-order chi connectivity index (χ1) is 8.36. The van der Waals surface area contributed by atoms with Crippen molar-refractivity contribution in [3.8, 4) is 0 Å². The van der Waals surface area contributed by atoms with Gasteiger partial charge < -0.3 is 10.2 Å². The minimum absolute atomic E-state index is 0.155. The second-order valence-corrected chi connectivity index (χ2v) is 6.27. The summed E-state index contributed by atoms with van der Waals surface area (Å²) in [6.45, 7) is 8.64. The Labute approximate surface area is 109 Å². The number of hydrogen-bond acceptors (Lipinski definition) is 2. The van der Waals surface area contributed by atoms with Crippen molar-refractivity contribution in [2.75, 3.05) is 0 Å². The van der Waals surface area contributed by atoms with E-state index < -0.39 is 0 Å². The minimum atomic E-state index is 0.155. The fraction of sp³-hybridized carbons (Fsp3) is 0.500. The summed E-state index contributed by atoms with van der Waals surface area (Å²) in [5.74, 6) is 1.04. The van der Waals surface area contributed by atoms with Gasteiger partial charge in [-0.05, 0) is 37.0 Å². The first-order valence-corrected chi connectivity index (χ1v) is 6.61. The van der Waals surface area contributed by atoms with E-state index >= 15 is 0 Å². The molecule has 98 valence electrons. The maximum atomic E-state index is 6.18. The highest BCUT2D eigenvalue weighted by atomic mass is 16.3. The van der Waals surface area contributed by atoms with Crippen LogP contribution in [0.25, 0.3) is 11.0 Å². The predicted molar refractivity (Wildman–Crippen MR) is 76.7 cm³/mol. The molecule has 1 atom stereocenters. The molecule has 0 aliphatic rings. The number of rotatable bonds is 3. The van der Waals surface area contributed by atoms with Crippen molar-refractivity contribution in [2.45, 2.75) is 46.6 Å². The second kappa shape index (κ2) is 4.77. The van der Waals surface area contributed by atoms with Gasteiger partial charge in [0.15, 0.2) is 0 Å². The molecule has 0 bridgehead atoms. The van der Waals surface area contributed by atoms with E-state index in [1.54, 1.807) is 0 Å². The third-order valence-electron chi connectivity index (χ3n) is 3.54. The number of furan rings is 1. The maximum Gasteiger partial charge on any atom is 0.134 e. The van der Waals surface area contributed by atoms with E-state index in [0.29, 0.717) is 0 Å². The molecule has 0 spiro atoms. The molecule has 0 saturated heterocycles. The maximum absolute atomic E-state index is 6.18. The van der Waals surface area contributed by atoms with Crippen LogP contribution >= 0.6 is 0 Å². The Morgan fingerprint density at radius 2 is 1.94 bits per heavy atom. The average molecular weight is 245 g/mol. The van der Waals surface area contributed by atoms with Crippen LogP contribution in [0.3, 0.4) is 0 Å². The Kier molecular flexibility index (Phi) is 3.49. The molecular weight excluding hydrogens is 222 g/mol. The summed E-state index contributed by atoms with van der Waals surface area (Å²) in [4.78, 5) is 0. The summed E-state index contributed by atoms with van der Waals surface area (Å²) in [5.41, 5.74) is 8.57. The Bertz CT molecular complexity index is 534. The molecule has 0 aliphatic heterocycles. The minimum Gasteiger partial charge on any atom is -0.461 e. The van der Waals surface area contributed by atoms with Crippen molar-refractivity contribution >= 4 is 11.0 Å². The predicted octanol–water partition coefficient (Wildman–Crippen LogP) is 4.05. The standard InChI is InChI=1S/C16H23NO/c1-11-5-7-14-12(9-11)10-13(18-14)6-8-15(17)16(2,3)4/h5,7,9-10,15H,6,8,17H2,1-4H3. The second-order valence-electron chi connectivity index (χ2n) is 6.27. The zero-order chi connectivity index (χ0) is 13.3. The van der Waals surface area contributed by atoms with Crippen LogP contribution in [0.4, 0.5) is 0 Å². The highest BCUT2D eigenvalue weighted by molar-refractivity contribution is 5.78. The van der Waals surface area contributed by atoms with Gasteiger partial charge in [-0.2, -0.15) is 0 Å². The van der Waals surface area contributed by atoms with Crippen LogP contribution in [0.5, 0.6) is 0 Å². The zero-order valence-corrected chi connectivity index (χ0v) is 11.8. The van der Waals surface area contributed by atoms with Crippen molar-refractivity contribution in [1.82, 2.24) is 0 Å². The van der Waals surface area contributed by atoms with Crippen LogP contribution in [0.1, 0.15) is 38.5 Å². The third kappa shape index (κ3) is 2.94. The molecule has 2 N–H and O–H groups in total. The summed E-state index contributed by atoms with van der Waals surface area (Å²) < 4.78 is 5.83. The smallest absolute Gasteiger partial charge is 0.134 e. The van der Waals surface area contributed by atoms with Gasteiger partial charge in [-0.1, -0.05) is 32.4 Å². The van der Waals surface area contributed by atoms with E-state index in [1.165, 1.54) is 10.9 Å². The SMILES string of the molecule is Cc1ccc2oc(CCC(N)C(C)(C)C)cc2c1. The topological polar surface area (TPSA) is 39.2 Å². The highest BCUT2D eigenvalue weighted by Gasteiger charge is 2.20. The van der Waals surface area contributed by atoms with E-state index in [4.69, 9.17) is 10.2 Å². The van der Waals surface area contributed by atoms with Gasteiger partial charge in [-0.25, -0.2) is 0 Å². The van der Waals surface area contributed by atoms with Gasteiger partial charge in [0.25, 0.3) is 0 Å². The van der Waals surface area contributed by atoms with E-state index in [-0.39, 0.29) is 11.5 Å². The van der Waals surface area contributed by atoms with Gasteiger partial charge in [0.1, 0.15) is 11.3 Å². The van der Waals surface area contributed by atoms with Crippen LogP contribution in [0.2, 0.25) is 0 Å². The molecule has 18 heavy (non-hydrogen) atoms. The van der Waals surface area contributed by atoms with Gasteiger partial charge in [0, 0.05) is 17.8 Å². The largest absolute Gasteiger partial charge is 0.461 e. The van der Waals surface area contributed by atoms with Gasteiger partial charge in [0.2, 0.25) is 0 Å². The lowest BCUT2D eigenvalue weighted by Crippen LogP contribution is -2.35. The van der Waals surface area contributed by atoms with Gasteiger partial charge >= 0.3 is 0 Å². The fourth-order valence-corrected chi connectivity index (χ4v) is 2.07. The molecule has 2 aromatic rings. The van der Waals surface area contributed by atoms with Crippen molar-refractivity contribution in [2.24, 2.45) is 11.1 Å². The van der Waals surface area contributed by atoms with Gasteiger partial charge in [0.05, 0.1) is 0 Å². The summed E-state index contributed by atoms with van der Waals surface area (Å²) in [7, 11) is 0. The summed E-state index contributed by atoms with van der Waals surface area (Å²) in [6.07, 6.45) is 1.87. The van der Waals surface area contributed by atoms with E-state index in [2.05, 4.69) is 45.9 Å². The molecule has 0 amide bonds. The van der Waals surface area contributed by atoms with Gasteiger partial charge in [-0.3, -0.25) is 0 Å². The lowest BCUT2D eigenvalue weighted by molar-refractivity contribution is 0.301. The molecule has 0 radical (unpaired) electrons. The lowest BCUT2D eigenvalue weighted by atomic mass is 9.84. The quantitative estimate of drug-likeness (QED) is 0.886. The van der Waals surface area contributed by atoms with Crippen molar-refractivity contribution in [3.63, 3.8) is 0 Å². The Morgan fingerprint density at radius 3 is 2.61 bits per heavy atom. The van der Waals surface area contributed by atoms with E-state index in [9.17, 15) is 0 Å². The normalized spacial score (nSPS) is 14.1. The molecule has 0 aliphatic carbocycles. The van der Waals surface area contributed by atoms with Crippen LogP contribution < -0.4 is 5.73 Å². The molecule has 0 fully saturated rings. The zero-order valence-electron chi connectivity index (χ0n) is 11.8.